The molecule has 1 unspecified atom stereocenters. The quantitative estimate of drug-likeness (QED) is 0.435. The highest BCUT2D eigenvalue weighted by atomic mass is 16.7. The molecule has 1 atom stereocenters. The molecule has 41 heavy (non-hydrogen) atoms. The van der Waals surface area contributed by atoms with Crippen LogP contribution in [-0.2, 0) is 9.53 Å². The molecule has 0 bridgehead atoms. The molecule has 214 valence electrons. The Morgan fingerprint density at radius 3 is 2.56 bits per heavy atom. The van der Waals surface area contributed by atoms with E-state index in [1.165, 1.54) is 5.56 Å². The first-order chi connectivity index (χ1) is 20.0. The van der Waals surface area contributed by atoms with Crippen LogP contribution >= 0.6 is 0 Å². The predicted molar refractivity (Wildman–Crippen MR) is 153 cm³/mol. The van der Waals surface area contributed by atoms with E-state index in [4.69, 9.17) is 14.2 Å². The summed E-state index contributed by atoms with van der Waals surface area (Å²) in [7, 11) is 0. The molecule has 10 heteroatoms. The summed E-state index contributed by atoms with van der Waals surface area (Å²) in [5.74, 6) is 1.68. The molecule has 2 saturated heterocycles. The predicted octanol–water partition coefficient (Wildman–Crippen LogP) is 3.54. The molecule has 3 aliphatic heterocycles. The zero-order valence-electron chi connectivity index (χ0n) is 23.3. The average molecular weight is 558 g/mol. The molecule has 6 rings (SSSR count). The van der Waals surface area contributed by atoms with Gasteiger partial charge in [-0.25, -0.2) is 0 Å². The molecule has 1 aromatic heterocycles. The van der Waals surface area contributed by atoms with E-state index in [-0.39, 0.29) is 31.3 Å². The SMILES string of the molecule is Cc1ccc(-c2ccc(N3CCCN(C(=O)CN(CC4CCCO4)C(=O)c4ccc5c(c4)OCO5)CC3)nn2)cc1. The minimum Gasteiger partial charge on any atom is -0.454 e. The van der Waals surface area contributed by atoms with E-state index >= 15 is 0 Å². The Morgan fingerprint density at radius 1 is 0.927 bits per heavy atom. The van der Waals surface area contributed by atoms with Crippen LogP contribution < -0.4 is 14.4 Å². The number of nitrogens with zero attached hydrogens (tertiary/aromatic N) is 5. The Labute approximate surface area is 239 Å². The number of ether oxygens (including phenoxy) is 3. The lowest BCUT2D eigenvalue weighted by molar-refractivity contribution is -0.132. The van der Waals surface area contributed by atoms with Crippen molar-refractivity contribution in [2.24, 2.45) is 0 Å². The second-order valence-electron chi connectivity index (χ2n) is 10.8. The first kappa shape index (κ1) is 27.0. The van der Waals surface area contributed by atoms with Gasteiger partial charge in [-0.2, -0.15) is 0 Å². The number of carbonyl (C=O) groups is 2. The standard InChI is InChI=1S/C31H35N5O5/c1-22-5-7-23(8-6-22)26-10-12-29(33-32-26)34-13-3-14-35(16-15-34)30(37)20-36(19-25-4-2-17-39-25)31(38)24-9-11-27-28(18-24)41-21-40-27/h5-12,18,25H,2-4,13-17,19-21H2,1H3. The number of carbonyl (C=O) groups excluding carboxylic acids is 2. The molecule has 4 heterocycles. The van der Waals surface area contributed by atoms with Crippen LogP contribution in [-0.4, -0.2) is 90.6 Å². The van der Waals surface area contributed by atoms with Crippen LogP contribution in [0.15, 0.2) is 54.6 Å². The fourth-order valence-electron chi connectivity index (χ4n) is 5.50. The molecule has 3 aromatic rings. The zero-order valence-corrected chi connectivity index (χ0v) is 23.3. The Kier molecular flexibility index (Phi) is 8.00. The lowest BCUT2D eigenvalue weighted by Crippen LogP contribution is -2.46. The van der Waals surface area contributed by atoms with Gasteiger partial charge in [0.05, 0.1) is 11.8 Å². The molecule has 2 aromatic carbocycles. The third-order valence-electron chi connectivity index (χ3n) is 7.85. The van der Waals surface area contributed by atoms with Crippen LogP contribution in [0.2, 0.25) is 0 Å². The van der Waals surface area contributed by atoms with E-state index in [0.717, 1.165) is 42.9 Å². The minimum atomic E-state index is -0.215. The summed E-state index contributed by atoms with van der Waals surface area (Å²) in [4.78, 5) is 32.7. The number of hydrogen-bond donors (Lipinski definition) is 0. The highest BCUT2D eigenvalue weighted by Crippen LogP contribution is 2.33. The van der Waals surface area contributed by atoms with Crippen molar-refractivity contribution in [2.75, 3.05) is 57.6 Å². The lowest BCUT2D eigenvalue weighted by atomic mass is 10.1. The van der Waals surface area contributed by atoms with Gasteiger partial charge >= 0.3 is 0 Å². The molecule has 0 spiro atoms. The summed E-state index contributed by atoms with van der Waals surface area (Å²) in [5, 5.41) is 8.94. The van der Waals surface area contributed by atoms with Crippen LogP contribution in [0.3, 0.4) is 0 Å². The largest absolute Gasteiger partial charge is 0.454 e. The average Bonchev–Trinajstić information content (AvgIpc) is 3.63. The van der Waals surface area contributed by atoms with Crippen LogP contribution in [0.1, 0.15) is 35.2 Å². The van der Waals surface area contributed by atoms with Crippen LogP contribution in [0.4, 0.5) is 5.82 Å². The number of fused-ring (bicyclic) bond motifs is 1. The summed E-state index contributed by atoms with van der Waals surface area (Å²) in [6.07, 6.45) is 2.57. The van der Waals surface area contributed by atoms with Gasteiger partial charge in [0.1, 0.15) is 6.54 Å². The number of rotatable bonds is 7. The fraction of sp³-hybridized carbons (Fsp3) is 0.419. The van der Waals surface area contributed by atoms with E-state index < -0.39 is 0 Å². The maximum absolute atomic E-state index is 13.6. The summed E-state index contributed by atoms with van der Waals surface area (Å²) < 4.78 is 16.7. The van der Waals surface area contributed by atoms with Gasteiger partial charge in [-0.15, -0.1) is 10.2 Å². The Bertz CT molecular complexity index is 1370. The van der Waals surface area contributed by atoms with Gasteiger partial charge in [0, 0.05) is 50.5 Å². The van der Waals surface area contributed by atoms with Crippen LogP contribution in [0.25, 0.3) is 11.3 Å². The normalized spacial score (nSPS) is 18.3. The number of aromatic nitrogens is 2. The molecule has 2 fully saturated rings. The van der Waals surface area contributed by atoms with Gasteiger partial charge in [-0.3, -0.25) is 9.59 Å². The molecule has 2 amide bonds. The minimum absolute atomic E-state index is 0.00180. The van der Waals surface area contributed by atoms with Crippen molar-refractivity contribution in [3.8, 4) is 22.8 Å². The van der Waals surface area contributed by atoms with E-state index in [1.54, 1.807) is 23.1 Å². The maximum atomic E-state index is 13.6. The van der Waals surface area contributed by atoms with E-state index in [0.29, 0.717) is 49.8 Å². The number of amides is 2. The van der Waals surface area contributed by atoms with Crippen molar-refractivity contribution in [1.29, 1.82) is 0 Å². The third kappa shape index (κ3) is 6.27. The molecule has 3 aliphatic rings. The monoisotopic (exact) mass is 557 g/mol. The van der Waals surface area contributed by atoms with Gasteiger partial charge in [0.25, 0.3) is 5.91 Å². The third-order valence-corrected chi connectivity index (χ3v) is 7.85. The number of anilines is 1. The molecule has 0 N–H and O–H groups in total. The van der Waals surface area contributed by atoms with Crippen molar-refractivity contribution in [3.63, 3.8) is 0 Å². The maximum Gasteiger partial charge on any atom is 0.254 e. The van der Waals surface area contributed by atoms with Crippen molar-refractivity contribution in [2.45, 2.75) is 32.3 Å². The van der Waals surface area contributed by atoms with E-state index in [2.05, 4.69) is 34.2 Å². The van der Waals surface area contributed by atoms with Crippen molar-refractivity contribution in [3.05, 3.63) is 65.7 Å². The van der Waals surface area contributed by atoms with Gasteiger partial charge in [0.15, 0.2) is 17.3 Å². The number of hydrogen-bond acceptors (Lipinski definition) is 8. The number of benzene rings is 2. The molecule has 10 nitrogen and oxygen atoms in total. The summed E-state index contributed by atoms with van der Waals surface area (Å²) in [5.41, 5.74) is 3.54. The molecular weight excluding hydrogens is 522 g/mol. The summed E-state index contributed by atoms with van der Waals surface area (Å²) in [6.45, 7) is 5.85. The van der Waals surface area contributed by atoms with Crippen molar-refractivity contribution < 1.29 is 23.8 Å². The number of aryl methyl sites for hydroxylation is 1. The summed E-state index contributed by atoms with van der Waals surface area (Å²) >= 11 is 0. The van der Waals surface area contributed by atoms with E-state index in [9.17, 15) is 9.59 Å². The van der Waals surface area contributed by atoms with Crippen LogP contribution in [0, 0.1) is 6.92 Å². The molecular formula is C31H35N5O5. The van der Waals surface area contributed by atoms with Gasteiger partial charge in [0.2, 0.25) is 12.7 Å². The Morgan fingerprint density at radius 2 is 1.78 bits per heavy atom. The van der Waals surface area contributed by atoms with Crippen molar-refractivity contribution >= 4 is 17.6 Å². The Hall–Kier alpha value is -4.18. The van der Waals surface area contributed by atoms with Crippen LogP contribution in [0.5, 0.6) is 11.5 Å². The highest BCUT2D eigenvalue weighted by Gasteiger charge is 2.29. The van der Waals surface area contributed by atoms with Gasteiger partial charge in [-0.05, 0) is 56.5 Å². The second-order valence-corrected chi connectivity index (χ2v) is 10.8. The lowest BCUT2D eigenvalue weighted by Gasteiger charge is -2.28. The van der Waals surface area contributed by atoms with Crippen molar-refractivity contribution in [1.82, 2.24) is 20.0 Å². The first-order valence-corrected chi connectivity index (χ1v) is 14.3. The topological polar surface area (TPSA) is 97.3 Å². The molecule has 0 aliphatic carbocycles. The van der Waals surface area contributed by atoms with Gasteiger partial charge < -0.3 is 28.9 Å². The smallest absolute Gasteiger partial charge is 0.254 e. The Balaban J connectivity index is 1.10. The van der Waals surface area contributed by atoms with E-state index in [1.807, 2.05) is 29.2 Å². The molecule has 0 saturated carbocycles. The zero-order chi connectivity index (χ0) is 28.2. The summed E-state index contributed by atoms with van der Waals surface area (Å²) in [6, 6.07) is 17.4. The van der Waals surface area contributed by atoms with Gasteiger partial charge in [-0.1, -0.05) is 29.8 Å². The molecule has 0 radical (unpaired) electrons. The first-order valence-electron chi connectivity index (χ1n) is 14.3. The highest BCUT2D eigenvalue weighted by molar-refractivity contribution is 5.97. The fourth-order valence-corrected chi connectivity index (χ4v) is 5.50. The second kappa shape index (κ2) is 12.1.